The van der Waals surface area contributed by atoms with Crippen molar-refractivity contribution in [3.63, 3.8) is 0 Å². The van der Waals surface area contributed by atoms with Gasteiger partial charge in [0, 0.05) is 26.8 Å². The van der Waals surface area contributed by atoms with E-state index in [2.05, 4.69) is 10.0 Å². The van der Waals surface area contributed by atoms with E-state index in [1.54, 1.807) is 39.0 Å². The fourth-order valence-corrected chi connectivity index (χ4v) is 6.72. The number of hydrogen-bond acceptors (Lipinski definition) is 5. The van der Waals surface area contributed by atoms with Crippen LogP contribution < -0.4 is 4.31 Å². The van der Waals surface area contributed by atoms with Crippen LogP contribution in [-0.2, 0) is 26.2 Å². The number of azide groups is 1. The number of carbonyl (C=O) groups excluding carboxylic acids is 1. The predicted molar refractivity (Wildman–Crippen MR) is 143 cm³/mol. The molecule has 3 unspecified atom stereocenters. The first kappa shape index (κ1) is 26.2. The summed E-state index contributed by atoms with van der Waals surface area (Å²) in [5.74, 6) is -0.657. The van der Waals surface area contributed by atoms with Gasteiger partial charge in [0.2, 0.25) is 0 Å². The van der Waals surface area contributed by atoms with Crippen LogP contribution >= 0.6 is 22.9 Å². The predicted octanol–water partition coefficient (Wildman–Crippen LogP) is 6.74. The number of thiophene rings is 1. The molecule has 0 saturated heterocycles. The minimum Gasteiger partial charge on any atom is -0.458 e. The molecule has 3 atom stereocenters. The van der Waals surface area contributed by atoms with Crippen LogP contribution in [0.5, 0.6) is 0 Å². The highest BCUT2D eigenvalue weighted by atomic mass is 35.5. The Morgan fingerprint density at radius 1 is 1.19 bits per heavy atom. The zero-order chi connectivity index (χ0) is 26.1. The van der Waals surface area contributed by atoms with Crippen molar-refractivity contribution in [1.82, 2.24) is 0 Å². The molecule has 1 aliphatic carbocycles. The Labute approximate surface area is 220 Å². The summed E-state index contributed by atoms with van der Waals surface area (Å²) in [6.45, 7) is 5.13. The molecule has 1 aliphatic rings. The molecule has 36 heavy (non-hydrogen) atoms. The smallest absolute Gasteiger partial charge is 0.334 e. The lowest BCUT2D eigenvalue weighted by atomic mass is 9.90. The molecule has 8 nitrogen and oxygen atoms in total. The van der Waals surface area contributed by atoms with Crippen molar-refractivity contribution in [3.8, 4) is 10.4 Å². The van der Waals surface area contributed by atoms with Crippen molar-refractivity contribution in [2.75, 3.05) is 10.8 Å². The van der Waals surface area contributed by atoms with Gasteiger partial charge >= 0.3 is 5.97 Å². The van der Waals surface area contributed by atoms with Gasteiger partial charge in [-0.25, -0.2) is 13.3 Å². The molecular formula is C25H25ClN4O4S2. The number of ether oxygens (including phenoxy) is 1. The highest BCUT2D eigenvalue weighted by Gasteiger charge is 2.78. The molecule has 188 valence electrons. The maximum atomic E-state index is 13.9. The van der Waals surface area contributed by atoms with E-state index in [9.17, 15) is 13.6 Å². The lowest BCUT2D eigenvalue weighted by Crippen LogP contribution is -2.53. The van der Waals surface area contributed by atoms with Crippen molar-refractivity contribution < 1.29 is 18.3 Å². The highest BCUT2D eigenvalue weighted by molar-refractivity contribution is 7.81. The van der Waals surface area contributed by atoms with Crippen LogP contribution in [0.1, 0.15) is 32.8 Å². The van der Waals surface area contributed by atoms with Gasteiger partial charge in [0.15, 0.2) is 5.54 Å². The number of nitrogens with zero attached hydrogens (tertiary/aromatic N) is 4. The van der Waals surface area contributed by atoms with Gasteiger partial charge in [-0.2, -0.15) is 0 Å². The van der Waals surface area contributed by atoms with E-state index in [-0.39, 0.29) is 13.0 Å². The van der Waals surface area contributed by atoms with E-state index >= 15 is 0 Å². The first-order valence-electron chi connectivity index (χ1n) is 11.1. The Balaban J connectivity index is 1.88. The summed E-state index contributed by atoms with van der Waals surface area (Å²) in [5.41, 5.74) is 7.24. The Kier molecular flexibility index (Phi) is 7.19. The molecule has 0 bridgehead atoms. The molecule has 4 rings (SSSR count). The summed E-state index contributed by atoms with van der Waals surface area (Å²) in [5, 5.41) is 4.82. The van der Waals surface area contributed by atoms with E-state index in [0.29, 0.717) is 15.6 Å². The fraction of sp³-hybridized carbons (Fsp3) is 0.320. The second-order valence-electron chi connectivity index (χ2n) is 9.55. The maximum Gasteiger partial charge on any atom is 0.334 e. The van der Waals surface area contributed by atoms with E-state index in [4.69, 9.17) is 21.9 Å². The first-order valence-corrected chi connectivity index (χ1v) is 13.4. The number of anilines is 1. The van der Waals surface area contributed by atoms with Crippen LogP contribution in [0, 0.1) is 0 Å². The quantitative estimate of drug-likeness (QED) is 0.111. The van der Waals surface area contributed by atoms with Crippen molar-refractivity contribution >= 4 is 45.2 Å². The zero-order valence-corrected chi connectivity index (χ0v) is 22.3. The van der Waals surface area contributed by atoms with E-state index in [0.717, 1.165) is 10.4 Å². The van der Waals surface area contributed by atoms with Gasteiger partial charge in [-0.1, -0.05) is 59.2 Å². The number of benzene rings is 2. The SMILES string of the molecule is CC(C)(C)OC(=O)C1(N(c2ccc(-c3ccc(Cl)cc3)s2)S(=O)O)CC1(CN=[N+]=[N-])c1ccccc1. The molecule has 0 spiro atoms. The van der Waals surface area contributed by atoms with Gasteiger partial charge in [0.25, 0.3) is 11.3 Å². The molecule has 2 aromatic carbocycles. The van der Waals surface area contributed by atoms with Gasteiger partial charge in [-0.3, -0.25) is 4.55 Å². The van der Waals surface area contributed by atoms with Crippen molar-refractivity contribution in [3.05, 3.63) is 87.8 Å². The Bertz CT molecular complexity index is 1340. The fourth-order valence-electron chi connectivity index (χ4n) is 4.50. The van der Waals surface area contributed by atoms with E-state index in [1.807, 2.05) is 48.5 Å². The lowest BCUT2D eigenvalue weighted by Gasteiger charge is -2.34. The number of hydrogen-bond donors (Lipinski definition) is 1. The molecule has 1 aromatic heterocycles. The third-order valence-corrected chi connectivity index (χ3v) is 8.42. The monoisotopic (exact) mass is 544 g/mol. The van der Waals surface area contributed by atoms with Crippen LogP contribution in [0.15, 0.2) is 71.8 Å². The van der Waals surface area contributed by atoms with E-state index < -0.39 is 33.8 Å². The molecule has 1 heterocycles. The van der Waals surface area contributed by atoms with Crippen LogP contribution in [0.4, 0.5) is 5.00 Å². The van der Waals surface area contributed by atoms with Gasteiger partial charge in [-0.05, 0) is 68.1 Å². The standard InChI is InChI=1S/C25H25ClN4O4S2/c1-23(2,3)34-22(31)25(15-24(25,16-28-29-27)18-7-5-4-6-8-18)30(36(32)33)21-14-13-20(35-21)17-9-11-19(26)12-10-17/h4-14H,15-16H2,1-3H3,(H,32,33). The largest absolute Gasteiger partial charge is 0.458 e. The Morgan fingerprint density at radius 2 is 1.86 bits per heavy atom. The summed E-state index contributed by atoms with van der Waals surface area (Å²) in [6, 6.07) is 19.9. The Morgan fingerprint density at radius 3 is 2.44 bits per heavy atom. The summed E-state index contributed by atoms with van der Waals surface area (Å²) in [4.78, 5) is 17.6. The molecule has 0 radical (unpaired) electrons. The maximum absolute atomic E-state index is 13.9. The molecule has 1 saturated carbocycles. The zero-order valence-electron chi connectivity index (χ0n) is 19.9. The minimum absolute atomic E-state index is 0.0874. The number of halogens is 1. The average molecular weight is 545 g/mol. The van der Waals surface area contributed by atoms with Gasteiger partial charge < -0.3 is 4.74 Å². The summed E-state index contributed by atoms with van der Waals surface area (Å²) in [6.07, 6.45) is 0.137. The molecule has 0 amide bonds. The molecule has 1 fully saturated rings. The lowest BCUT2D eigenvalue weighted by molar-refractivity contribution is -0.158. The van der Waals surface area contributed by atoms with Gasteiger partial charge in [0.05, 0.1) is 0 Å². The van der Waals surface area contributed by atoms with Crippen LogP contribution in [-0.4, -0.2) is 32.4 Å². The summed E-state index contributed by atoms with van der Waals surface area (Å²) >= 11 is 4.69. The molecular weight excluding hydrogens is 520 g/mol. The first-order chi connectivity index (χ1) is 17.0. The van der Waals surface area contributed by atoms with Crippen LogP contribution in [0.2, 0.25) is 5.02 Å². The second-order valence-corrected chi connectivity index (χ2v) is 11.9. The minimum atomic E-state index is -2.60. The van der Waals surface area contributed by atoms with Crippen LogP contribution in [0.25, 0.3) is 20.9 Å². The number of esters is 1. The highest BCUT2D eigenvalue weighted by Crippen LogP contribution is 2.64. The molecule has 3 aromatic rings. The molecule has 0 aliphatic heterocycles. The number of rotatable bonds is 8. The third kappa shape index (κ3) is 4.75. The second kappa shape index (κ2) is 9.88. The van der Waals surface area contributed by atoms with Crippen molar-refractivity contribution in [2.24, 2.45) is 5.11 Å². The van der Waals surface area contributed by atoms with Crippen molar-refractivity contribution in [2.45, 2.75) is 43.7 Å². The number of carbonyl (C=O) groups is 1. The summed E-state index contributed by atoms with van der Waals surface area (Å²) in [7, 11) is 0. The van der Waals surface area contributed by atoms with Crippen LogP contribution in [0.3, 0.4) is 0 Å². The van der Waals surface area contributed by atoms with Crippen molar-refractivity contribution in [1.29, 1.82) is 0 Å². The Hall–Kier alpha value is -2.88. The molecule has 11 heteroatoms. The topological polar surface area (TPSA) is 116 Å². The average Bonchev–Trinajstić information content (AvgIpc) is 3.26. The normalized spacial score (nSPS) is 21.8. The summed E-state index contributed by atoms with van der Waals surface area (Å²) < 4.78 is 30.5. The molecule has 1 N–H and O–H groups in total. The third-order valence-electron chi connectivity index (χ3n) is 6.11. The van der Waals surface area contributed by atoms with Gasteiger partial charge in [0.1, 0.15) is 10.6 Å². The van der Waals surface area contributed by atoms with Gasteiger partial charge in [-0.15, -0.1) is 11.3 Å². The van der Waals surface area contributed by atoms with E-state index in [1.165, 1.54) is 15.6 Å².